The summed E-state index contributed by atoms with van der Waals surface area (Å²) in [6.45, 7) is 1.08. The van der Waals surface area contributed by atoms with E-state index in [2.05, 4.69) is 34.3 Å². The highest BCUT2D eigenvalue weighted by Crippen LogP contribution is 2.65. The summed E-state index contributed by atoms with van der Waals surface area (Å²) in [4.78, 5) is 2.89. The standard InChI is InChI=1S/C17H19NS2/c1-2-14(19-5-1)12-7-13(20-9-12)8-18-17-15-10-3-4-11(6-10)16(15)17/h1-2,5,7,9-11,15-18H,3-4,6,8H2. The molecule has 20 heavy (non-hydrogen) atoms. The first-order chi connectivity index (χ1) is 9.90. The maximum atomic E-state index is 3.85. The highest BCUT2D eigenvalue weighted by Gasteiger charge is 2.64. The van der Waals surface area contributed by atoms with Gasteiger partial charge in [-0.25, -0.2) is 0 Å². The van der Waals surface area contributed by atoms with Crippen molar-refractivity contribution in [2.45, 2.75) is 31.8 Å². The third-order valence-corrected chi connectivity index (χ3v) is 7.56. The molecule has 2 heterocycles. The third-order valence-electron chi connectivity index (χ3n) is 5.71. The topological polar surface area (TPSA) is 12.0 Å². The summed E-state index contributed by atoms with van der Waals surface area (Å²) < 4.78 is 0. The zero-order valence-electron chi connectivity index (χ0n) is 11.4. The molecule has 3 aliphatic carbocycles. The molecule has 0 radical (unpaired) electrons. The van der Waals surface area contributed by atoms with Crippen molar-refractivity contribution in [1.82, 2.24) is 5.32 Å². The minimum absolute atomic E-state index is 0.855. The lowest BCUT2D eigenvalue weighted by molar-refractivity contribution is 0.456. The van der Waals surface area contributed by atoms with E-state index in [1.807, 2.05) is 22.7 Å². The van der Waals surface area contributed by atoms with Crippen LogP contribution in [0.1, 0.15) is 24.1 Å². The molecule has 3 aliphatic rings. The molecule has 104 valence electrons. The average molecular weight is 301 g/mol. The van der Waals surface area contributed by atoms with Gasteiger partial charge >= 0.3 is 0 Å². The number of hydrogen-bond donors (Lipinski definition) is 1. The van der Waals surface area contributed by atoms with Gasteiger partial charge in [0, 0.05) is 27.9 Å². The van der Waals surface area contributed by atoms with Crippen LogP contribution in [0.4, 0.5) is 0 Å². The summed E-state index contributed by atoms with van der Waals surface area (Å²) in [6.07, 6.45) is 4.59. The Morgan fingerprint density at radius 3 is 2.75 bits per heavy atom. The lowest BCUT2D eigenvalue weighted by Crippen LogP contribution is -2.21. The van der Waals surface area contributed by atoms with E-state index in [9.17, 15) is 0 Å². The van der Waals surface area contributed by atoms with Gasteiger partial charge in [-0.1, -0.05) is 6.07 Å². The molecule has 0 aliphatic heterocycles. The molecule has 1 nitrogen and oxygen atoms in total. The van der Waals surface area contributed by atoms with Gasteiger partial charge in [-0.3, -0.25) is 0 Å². The molecule has 2 aromatic heterocycles. The molecule has 4 unspecified atom stereocenters. The van der Waals surface area contributed by atoms with Gasteiger partial charge in [-0.15, -0.1) is 22.7 Å². The first kappa shape index (κ1) is 12.0. The molecule has 4 atom stereocenters. The van der Waals surface area contributed by atoms with Crippen LogP contribution in [0.2, 0.25) is 0 Å². The number of thiophene rings is 2. The molecule has 3 heteroatoms. The fraction of sp³-hybridized carbons (Fsp3) is 0.529. The van der Waals surface area contributed by atoms with Crippen molar-refractivity contribution < 1.29 is 0 Å². The van der Waals surface area contributed by atoms with Crippen LogP contribution in [-0.2, 0) is 6.54 Å². The Kier molecular flexibility index (Phi) is 2.65. The van der Waals surface area contributed by atoms with E-state index < -0.39 is 0 Å². The predicted molar refractivity (Wildman–Crippen MR) is 86.1 cm³/mol. The Morgan fingerprint density at radius 1 is 1.15 bits per heavy atom. The largest absolute Gasteiger partial charge is 0.309 e. The molecule has 2 aromatic rings. The number of rotatable bonds is 4. The monoisotopic (exact) mass is 301 g/mol. The molecule has 2 bridgehead atoms. The molecular formula is C17H19NS2. The van der Waals surface area contributed by atoms with Gasteiger partial charge in [0.1, 0.15) is 0 Å². The van der Waals surface area contributed by atoms with Crippen LogP contribution < -0.4 is 5.32 Å². The molecule has 0 aromatic carbocycles. The second-order valence-electron chi connectivity index (χ2n) is 6.67. The maximum absolute atomic E-state index is 3.85. The van der Waals surface area contributed by atoms with Crippen LogP contribution in [0.5, 0.6) is 0 Å². The van der Waals surface area contributed by atoms with Crippen LogP contribution in [0.15, 0.2) is 29.0 Å². The van der Waals surface area contributed by atoms with Gasteiger partial charge in [0.25, 0.3) is 0 Å². The van der Waals surface area contributed by atoms with Crippen LogP contribution >= 0.6 is 22.7 Å². The van der Waals surface area contributed by atoms with Crippen LogP contribution in [0, 0.1) is 23.7 Å². The second kappa shape index (κ2) is 4.43. The average Bonchev–Trinajstić information content (AvgIpc) is 3.05. The van der Waals surface area contributed by atoms with Crippen molar-refractivity contribution in [3.8, 4) is 10.4 Å². The Morgan fingerprint density at radius 2 is 2.00 bits per heavy atom. The summed E-state index contributed by atoms with van der Waals surface area (Å²) in [7, 11) is 0. The molecule has 0 amide bonds. The number of hydrogen-bond acceptors (Lipinski definition) is 3. The van der Waals surface area contributed by atoms with Crippen LogP contribution in [-0.4, -0.2) is 6.04 Å². The van der Waals surface area contributed by atoms with Gasteiger partial charge in [-0.05, 0) is 65.8 Å². The Balaban J connectivity index is 1.23. The summed E-state index contributed by atoms with van der Waals surface area (Å²) in [6, 6.07) is 7.58. The smallest absolute Gasteiger partial charge is 0.0351 e. The summed E-state index contributed by atoms with van der Waals surface area (Å²) in [5.41, 5.74) is 1.40. The quantitative estimate of drug-likeness (QED) is 0.869. The van der Waals surface area contributed by atoms with Crippen molar-refractivity contribution in [2.75, 3.05) is 0 Å². The summed E-state index contributed by atoms with van der Waals surface area (Å²) >= 11 is 3.74. The second-order valence-corrected chi connectivity index (χ2v) is 8.62. The molecule has 3 fully saturated rings. The zero-order valence-corrected chi connectivity index (χ0v) is 13.1. The van der Waals surface area contributed by atoms with E-state index in [0.717, 1.165) is 36.3 Å². The van der Waals surface area contributed by atoms with E-state index in [0.29, 0.717) is 0 Å². The number of nitrogens with one attached hydrogen (secondary N) is 1. The van der Waals surface area contributed by atoms with Crippen LogP contribution in [0.25, 0.3) is 10.4 Å². The van der Waals surface area contributed by atoms with Gasteiger partial charge in [0.15, 0.2) is 0 Å². The first-order valence-electron chi connectivity index (χ1n) is 7.75. The Labute approximate surface area is 128 Å². The van der Waals surface area contributed by atoms with Gasteiger partial charge in [0.2, 0.25) is 0 Å². The maximum Gasteiger partial charge on any atom is 0.0351 e. The normalized spacial score (nSPS) is 37.3. The van der Waals surface area contributed by atoms with E-state index >= 15 is 0 Å². The molecular weight excluding hydrogens is 282 g/mol. The minimum atomic E-state index is 0.855. The van der Waals surface area contributed by atoms with Crippen molar-refractivity contribution in [2.24, 2.45) is 23.7 Å². The lowest BCUT2D eigenvalue weighted by atomic mass is 10.0. The highest BCUT2D eigenvalue weighted by molar-refractivity contribution is 7.14. The molecule has 0 spiro atoms. The van der Waals surface area contributed by atoms with Crippen molar-refractivity contribution >= 4 is 22.7 Å². The fourth-order valence-electron chi connectivity index (χ4n) is 4.86. The van der Waals surface area contributed by atoms with E-state index in [4.69, 9.17) is 0 Å². The van der Waals surface area contributed by atoms with E-state index in [1.54, 1.807) is 6.42 Å². The Bertz CT molecular complexity index is 599. The fourth-order valence-corrected chi connectivity index (χ4v) is 6.49. The predicted octanol–water partition coefficient (Wildman–Crippen LogP) is 4.61. The van der Waals surface area contributed by atoms with E-state index in [1.165, 1.54) is 28.2 Å². The van der Waals surface area contributed by atoms with Gasteiger partial charge in [0.05, 0.1) is 0 Å². The Hall–Kier alpha value is -0.640. The molecule has 3 saturated carbocycles. The zero-order chi connectivity index (χ0) is 13.1. The first-order valence-corrected chi connectivity index (χ1v) is 9.51. The SMILES string of the molecule is c1csc(-c2csc(CNC3C4C5CCC(C5)C34)c2)c1. The molecule has 1 N–H and O–H groups in total. The van der Waals surface area contributed by atoms with Gasteiger partial charge in [-0.2, -0.15) is 0 Å². The van der Waals surface area contributed by atoms with Crippen molar-refractivity contribution in [1.29, 1.82) is 0 Å². The van der Waals surface area contributed by atoms with E-state index in [-0.39, 0.29) is 0 Å². The number of fused-ring (bicyclic) bond motifs is 5. The molecule has 5 rings (SSSR count). The lowest BCUT2D eigenvalue weighted by Gasteiger charge is -2.09. The highest BCUT2D eigenvalue weighted by atomic mass is 32.1. The van der Waals surface area contributed by atoms with Crippen molar-refractivity contribution in [3.05, 3.63) is 33.8 Å². The molecule has 0 saturated heterocycles. The summed E-state index contributed by atoms with van der Waals surface area (Å²) in [5, 5.41) is 8.31. The summed E-state index contributed by atoms with van der Waals surface area (Å²) in [5.74, 6) is 4.25. The van der Waals surface area contributed by atoms with Gasteiger partial charge < -0.3 is 5.32 Å². The minimum Gasteiger partial charge on any atom is -0.309 e. The third kappa shape index (κ3) is 1.76. The van der Waals surface area contributed by atoms with Crippen molar-refractivity contribution in [3.63, 3.8) is 0 Å². The van der Waals surface area contributed by atoms with Crippen LogP contribution in [0.3, 0.4) is 0 Å².